The van der Waals surface area contributed by atoms with Crippen LogP contribution in [0.3, 0.4) is 0 Å². The summed E-state index contributed by atoms with van der Waals surface area (Å²) in [5.74, 6) is -0.533. The molecule has 0 spiro atoms. The number of ether oxygens (including phenoxy) is 2. The number of anilines is 1. The molecule has 2 aromatic rings. The molecule has 0 radical (unpaired) electrons. The standard InChI is InChI=1S/C23H23NO5/c1-15(23(27)18-10-9-16-5-4-6-17(16)13-18)29-22(26)14-24-19-7-2-3-8-20(19)28-12-11-21(24)25/h2-3,7-10,13,15H,4-6,11-12,14H2,1H3/t15-/m0/s1. The third-order valence-electron chi connectivity index (χ3n) is 5.38. The summed E-state index contributed by atoms with van der Waals surface area (Å²) in [5.41, 5.74) is 3.56. The molecule has 0 fully saturated rings. The van der Waals surface area contributed by atoms with E-state index >= 15 is 0 Å². The molecule has 4 rings (SSSR count). The van der Waals surface area contributed by atoms with E-state index in [0.29, 0.717) is 17.0 Å². The van der Waals surface area contributed by atoms with Crippen LogP contribution in [-0.2, 0) is 27.2 Å². The second-order valence-electron chi connectivity index (χ2n) is 7.38. The third kappa shape index (κ3) is 4.01. The Kier molecular flexibility index (Phi) is 5.34. The molecule has 1 heterocycles. The molecule has 2 aliphatic rings. The van der Waals surface area contributed by atoms with E-state index in [0.717, 1.165) is 19.3 Å². The van der Waals surface area contributed by atoms with Gasteiger partial charge in [0.15, 0.2) is 6.10 Å². The molecule has 1 atom stereocenters. The Hall–Kier alpha value is -3.15. The zero-order valence-electron chi connectivity index (χ0n) is 16.3. The quantitative estimate of drug-likeness (QED) is 0.577. The van der Waals surface area contributed by atoms with Crippen LogP contribution in [0, 0.1) is 0 Å². The number of para-hydroxylation sites is 2. The van der Waals surface area contributed by atoms with Gasteiger partial charge in [0.2, 0.25) is 11.7 Å². The number of carbonyl (C=O) groups is 3. The van der Waals surface area contributed by atoms with Gasteiger partial charge >= 0.3 is 5.97 Å². The first-order valence-electron chi connectivity index (χ1n) is 9.90. The number of ketones is 1. The van der Waals surface area contributed by atoms with Crippen molar-refractivity contribution in [2.75, 3.05) is 18.1 Å². The molecule has 0 N–H and O–H groups in total. The summed E-state index contributed by atoms with van der Waals surface area (Å²) in [5, 5.41) is 0. The average molecular weight is 393 g/mol. The minimum atomic E-state index is -0.921. The number of Topliss-reactive ketones (excluding diaryl/α,β-unsaturated/α-hetero) is 1. The summed E-state index contributed by atoms with van der Waals surface area (Å²) in [7, 11) is 0. The Morgan fingerprint density at radius 1 is 1.10 bits per heavy atom. The summed E-state index contributed by atoms with van der Waals surface area (Å²) in [4.78, 5) is 39.0. The molecule has 0 saturated carbocycles. The molecule has 0 saturated heterocycles. The van der Waals surface area contributed by atoms with E-state index in [-0.39, 0.29) is 31.3 Å². The maximum Gasteiger partial charge on any atom is 0.326 e. The van der Waals surface area contributed by atoms with Crippen molar-refractivity contribution in [3.8, 4) is 5.75 Å². The maximum absolute atomic E-state index is 12.7. The van der Waals surface area contributed by atoms with Crippen molar-refractivity contribution in [3.05, 3.63) is 59.2 Å². The van der Waals surface area contributed by atoms with Crippen LogP contribution in [0.5, 0.6) is 5.75 Å². The van der Waals surface area contributed by atoms with Gasteiger partial charge in [-0.05, 0) is 55.5 Å². The third-order valence-corrected chi connectivity index (χ3v) is 5.38. The van der Waals surface area contributed by atoms with Gasteiger partial charge in [-0.15, -0.1) is 0 Å². The van der Waals surface area contributed by atoms with Crippen LogP contribution in [0.1, 0.15) is 41.3 Å². The highest BCUT2D eigenvalue weighted by Gasteiger charge is 2.28. The number of hydrogen-bond donors (Lipinski definition) is 0. The van der Waals surface area contributed by atoms with Crippen LogP contribution in [0.25, 0.3) is 0 Å². The first-order chi connectivity index (χ1) is 14.0. The Morgan fingerprint density at radius 2 is 1.90 bits per heavy atom. The van der Waals surface area contributed by atoms with E-state index in [9.17, 15) is 14.4 Å². The molecular weight excluding hydrogens is 370 g/mol. The molecular formula is C23H23NO5. The second kappa shape index (κ2) is 8.07. The van der Waals surface area contributed by atoms with Crippen molar-refractivity contribution in [3.63, 3.8) is 0 Å². The van der Waals surface area contributed by atoms with E-state index in [1.807, 2.05) is 18.2 Å². The number of carbonyl (C=O) groups excluding carboxylic acids is 3. The van der Waals surface area contributed by atoms with Crippen LogP contribution >= 0.6 is 0 Å². The lowest BCUT2D eigenvalue weighted by Gasteiger charge is -2.22. The van der Waals surface area contributed by atoms with Crippen LogP contribution in [0.15, 0.2) is 42.5 Å². The number of benzene rings is 2. The maximum atomic E-state index is 12.7. The molecule has 1 aliphatic heterocycles. The van der Waals surface area contributed by atoms with E-state index < -0.39 is 12.1 Å². The smallest absolute Gasteiger partial charge is 0.326 e. The van der Waals surface area contributed by atoms with Crippen molar-refractivity contribution >= 4 is 23.3 Å². The van der Waals surface area contributed by atoms with Gasteiger partial charge in [-0.1, -0.05) is 24.3 Å². The van der Waals surface area contributed by atoms with Crippen LogP contribution in [0.4, 0.5) is 5.69 Å². The fraction of sp³-hybridized carbons (Fsp3) is 0.348. The van der Waals surface area contributed by atoms with Gasteiger partial charge in [-0.2, -0.15) is 0 Å². The highest BCUT2D eigenvalue weighted by atomic mass is 16.5. The molecule has 6 heteroatoms. The largest absolute Gasteiger partial charge is 0.491 e. The van der Waals surface area contributed by atoms with Gasteiger partial charge in [0.05, 0.1) is 18.7 Å². The van der Waals surface area contributed by atoms with E-state index in [2.05, 4.69) is 0 Å². The fourth-order valence-electron chi connectivity index (χ4n) is 3.87. The summed E-state index contributed by atoms with van der Waals surface area (Å²) < 4.78 is 10.9. The van der Waals surface area contributed by atoms with E-state index in [4.69, 9.17) is 9.47 Å². The van der Waals surface area contributed by atoms with Gasteiger partial charge in [-0.25, -0.2) is 0 Å². The van der Waals surface area contributed by atoms with Crippen molar-refractivity contribution in [1.29, 1.82) is 0 Å². The number of fused-ring (bicyclic) bond motifs is 2. The van der Waals surface area contributed by atoms with Gasteiger partial charge in [0, 0.05) is 5.56 Å². The van der Waals surface area contributed by atoms with E-state index in [1.54, 1.807) is 31.2 Å². The van der Waals surface area contributed by atoms with Crippen LogP contribution < -0.4 is 9.64 Å². The summed E-state index contributed by atoms with van der Waals surface area (Å²) >= 11 is 0. The monoisotopic (exact) mass is 393 g/mol. The summed E-state index contributed by atoms with van der Waals surface area (Å²) in [6.07, 6.45) is 2.38. The molecule has 2 aromatic carbocycles. The highest BCUT2D eigenvalue weighted by Crippen LogP contribution is 2.31. The van der Waals surface area contributed by atoms with Gasteiger partial charge in [-0.3, -0.25) is 19.3 Å². The molecule has 6 nitrogen and oxygen atoms in total. The Balaban J connectivity index is 1.44. The van der Waals surface area contributed by atoms with Gasteiger partial charge in [0.1, 0.15) is 12.3 Å². The zero-order valence-corrected chi connectivity index (χ0v) is 16.3. The number of amides is 1. The van der Waals surface area contributed by atoms with Gasteiger partial charge in [0.25, 0.3) is 0 Å². The summed E-state index contributed by atoms with van der Waals surface area (Å²) in [6.45, 7) is 1.56. The van der Waals surface area contributed by atoms with Crippen molar-refractivity contribution in [2.24, 2.45) is 0 Å². The second-order valence-corrected chi connectivity index (χ2v) is 7.38. The normalized spacial score (nSPS) is 16.3. The highest BCUT2D eigenvalue weighted by molar-refractivity contribution is 6.02. The molecule has 1 aliphatic carbocycles. The number of esters is 1. The number of nitrogens with zero attached hydrogens (tertiary/aromatic N) is 1. The molecule has 0 bridgehead atoms. The van der Waals surface area contributed by atoms with Crippen molar-refractivity contribution in [1.82, 2.24) is 0 Å². The summed E-state index contributed by atoms with van der Waals surface area (Å²) in [6, 6.07) is 12.7. The first kappa shape index (κ1) is 19.2. The van der Waals surface area contributed by atoms with Crippen molar-refractivity contribution in [2.45, 2.75) is 38.7 Å². The lowest BCUT2D eigenvalue weighted by molar-refractivity contribution is -0.145. The topological polar surface area (TPSA) is 72.9 Å². The Labute approximate surface area is 169 Å². The molecule has 0 aromatic heterocycles. The minimum Gasteiger partial charge on any atom is -0.491 e. The predicted octanol–water partition coefficient (Wildman–Crippen LogP) is 3.11. The zero-order chi connectivity index (χ0) is 20.4. The molecule has 1 amide bonds. The van der Waals surface area contributed by atoms with E-state index in [1.165, 1.54) is 16.0 Å². The number of hydrogen-bond acceptors (Lipinski definition) is 5. The van der Waals surface area contributed by atoms with Gasteiger partial charge < -0.3 is 9.47 Å². The lowest BCUT2D eigenvalue weighted by Crippen LogP contribution is -2.38. The SMILES string of the molecule is C[C@H](OC(=O)CN1C(=O)CCOc2ccccc21)C(=O)c1ccc2c(c1)CCC2. The molecule has 150 valence electrons. The van der Waals surface area contributed by atoms with Crippen LogP contribution in [0.2, 0.25) is 0 Å². The fourth-order valence-corrected chi connectivity index (χ4v) is 3.87. The molecule has 0 unspecified atom stereocenters. The van der Waals surface area contributed by atoms with Crippen molar-refractivity contribution < 1.29 is 23.9 Å². The Morgan fingerprint density at radius 3 is 2.76 bits per heavy atom. The lowest BCUT2D eigenvalue weighted by atomic mass is 10.0. The predicted molar refractivity (Wildman–Crippen MR) is 107 cm³/mol. The average Bonchev–Trinajstić information content (AvgIpc) is 3.13. The Bertz CT molecular complexity index is 967. The number of rotatable bonds is 5. The minimum absolute atomic E-state index is 0.172. The number of aryl methyl sites for hydroxylation is 2. The molecule has 29 heavy (non-hydrogen) atoms. The first-order valence-corrected chi connectivity index (χ1v) is 9.90. The van der Waals surface area contributed by atoms with Crippen LogP contribution in [-0.4, -0.2) is 36.9 Å².